The zero-order valence-corrected chi connectivity index (χ0v) is 13.6. The summed E-state index contributed by atoms with van der Waals surface area (Å²) in [5.74, 6) is 0.644. The van der Waals surface area contributed by atoms with Crippen LogP contribution in [0.2, 0.25) is 0 Å². The third kappa shape index (κ3) is 6.17. The van der Waals surface area contributed by atoms with Crippen LogP contribution in [0.25, 0.3) is 0 Å². The van der Waals surface area contributed by atoms with Crippen molar-refractivity contribution < 1.29 is 14.3 Å². The van der Waals surface area contributed by atoms with E-state index >= 15 is 0 Å². The standard InChI is InChI=1S/C17H27NO3/c1-5-10-18-16(17(19)20-6-2)9-11-21-15-8-7-13(3)14(4)12-15/h7-8,12,16,18H,5-6,9-11H2,1-4H3. The maximum absolute atomic E-state index is 11.8. The second-order valence-corrected chi connectivity index (χ2v) is 5.14. The van der Waals surface area contributed by atoms with Crippen LogP contribution in [-0.4, -0.2) is 31.8 Å². The van der Waals surface area contributed by atoms with E-state index in [0.29, 0.717) is 19.6 Å². The Balaban J connectivity index is 2.47. The molecule has 0 heterocycles. The van der Waals surface area contributed by atoms with Crippen LogP contribution in [0.5, 0.6) is 5.75 Å². The Hall–Kier alpha value is -1.55. The third-order valence-electron chi connectivity index (χ3n) is 3.37. The highest BCUT2D eigenvalue weighted by Gasteiger charge is 2.18. The minimum atomic E-state index is -0.295. The van der Waals surface area contributed by atoms with Crippen LogP contribution in [0.4, 0.5) is 0 Å². The van der Waals surface area contributed by atoms with E-state index in [9.17, 15) is 4.79 Å². The van der Waals surface area contributed by atoms with Crippen molar-refractivity contribution in [1.29, 1.82) is 0 Å². The highest BCUT2D eigenvalue weighted by atomic mass is 16.5. The van der Waals surface area contributed by atoms with Gasteiger partial charge in [-0.15, -0.1) is 0 Å². The molecule has 0 radical (unpaired) electrons. The van der Waals surface area contributed by atoms with Gasteiger partial charge < -0.3 is 14.8 Å². The van der Waals surface area contributed by atoms with E-state index in [1.807, 2.05) is 25.1 Å². The third-order valence-corrected chi connectivity index (χ3v) is 3.37. The highest BCUT2D eigenvalue weighted by molar-refractivity contribution is 5.75. The van der Waals surface area contributed by atoms with Crippen molar-refractivity contribution in [2.24, 2.45) is 0 Å². The number of aryl methyl sites for hydroxylation is 2. The molecule has 118 valence electrons. The van der Waals surface area contributed by atoms with E-state index in [-0.39, 0.29) is 12.0 Å². The lowest BCUT2D eigenvalue weighted by Gasteiger charge is -2.17. The molecule has 1 aromatic rings. The largest absolute Gasteiger partial charge is 0.494 e. The molecule has 0 aliphatic heterocycles. The number of hydrogen-bond donors (Lipinski definition) is 1. The quantitative estimate of drug-likeness (QED) is 0.711. The molecule has 1 rings (SSSR count). The smallest absolute Gasteiger partial charge is 0.323 e. The maximum Gasteiger partial charge on any atom is 0.323 e. The van der Waals surface area contributed by atoms with Crippen molar-refractivity contribution in [1.82, 2.24) is 5.32 Å². The minimum absolute atomic E-state index is 0.199. The predicted octanol–water partition coefficient (Wildman–Crippen LogP) is 3.00. The summed E-state index contributed by atoms with van der Waals surface area (Å²) >= 11 is 0. The van der Waals surface area contributed by atoms with Crippen molar-refractivity contribution in [3.05, 3.63) is 29.3 Å². The molecule has 1 aromatic carbocycles. The summed E-state index contributed by atoms with van der Waals surface area (Å²) in [6.45, 7) is 9.72. The molecule has 0 amide bonds. The van der Waals surface area contributed by atoms with Gasteiger partial charge in [-0.2, -0.15) is 0 Å². The van der Waals surface area contributed by atoms with Gasteiger partial charge in [-0.05, 0) is 57.0 Å². The zero-order chi connectivity index (χ0) is 15.7. The average molecular weight is 293 g/mol. The summed E-state index contributed by atoms with van der Waals surface area (Å²) in [5, 5.41) is 3.21. The van der Waals surface area contributed by atoms with Crippen LogP contribution in [0, 0.1) is 13.8 Å². The summed E-state index contributed by atoms with van der Waals surface area (Å²) in [6, 6.07) is 5.73. The van der Waals surface area contributed by atoms with E-state index in [1.54, 1.807) is 0 Å². The number of nitrogens with one attached hydrogen (secondary N) is 1. The van der Waals surface area contributed by atoms with E-state index in [4.69, 9.17) is 9.47 Å². The molecular weight excluding hydrogens is 266 g/mol. The van der Waals surface area contributed by atoms with Gasteiger partial charge in [0.15, 0.2) is 0 Å². The molecule has 4 heteroatoms. The first kappa shape index (κ1) is 17.5. The lowest BCUT2D eigenvalue weighted by Crippen LogP contribution is -2.39. The van der Waals surface area contributed by atoms with Crippen LogP contribution < -0.4 is 10.1 Å². The van der Waals surface area contributed by atoms with Crippen LogP contribution in [0.3, 0.4) is 0 Å². The monoisotopic (exact) mass is 293 g/mol. The van der Waals surface area contributed by atoms with Crippen molar-refractivity contribution in [2.45, 2.75) is 46.6 Å². The minimum Gasteiger partial charge on any atom is -0.494 e. The van der Waals surface area contributed by atoms with E-state index < -0.39 is 0 Å². The molecule has 0 bridgehead atoms. The van der Waals surface area contributed by atoms with Crippen LogP contribution in [0.15, 0.2) is 18.2 Å². The van der Waals surface area contributed by atoms with Crippen LogP contribution in [-0.2, 0) is 9.53 Å². The van der Waals surface area contributed by atoms with Crippen LogP contribution in [0.1, 0.15) is 37.8 Å². The molecule has 0 aromatic heterocycles. The Bertz CT molecular complexity index is 446. The van der Waals surface area contributed by atoms with Gasteiger partial charge in [0.25, 0.3) is 0 Å². The highest BCUT2D eigenvalue weighted by Crippen LogP contribution is 2.16. The first-order valence-electron chi connectivity index (χ1n) is 7.68. The second-order valence-electron chi connectivity index (χ2n) is 5.14. The normalized spacial score (nSPS) is 12.0. The summed E-state index contributed by atoms with van der Waals surface area (Å²) in [5.41, 5.74) is 2.45. The lowest BCUT2D eigenvalue weighted by molar-refractivity contribution is -0.146. The molecule has 1 atom stereocenters. The molecular formula is C17H27NO3. The maximum atomic E-state index is 11.8. The number of carbonyl (C=O) groups excluding carboxylic acids is 1. The number of hydrogen-bond acceptors (Lipinski definition) is 4. The summed E-state index contributed by atoms with van der Waals surface area (Å²) in [4.78, 5) is 11.8. The summed E-state index contributed by atoms with van der Waals surface area (Å²) < 4.78 is 10.8. The summed E-state index contributed by atoms with van der Waals surface area (Å²) in [6.07, 6.45) is 1.58. The summed E-state index contributed by atoms with van der Waals surface area (Å²) in [7, 11) is 0. The second kappa shape index (κ2) is 9.40. The first-order chi connectivity index (χ1) is 10.1. The van der Waals surface area contributed by atoms with Gasteiger partial charge in [0, 0.05) is 6.42 Å². The van der Waals surface area contributed by atoms with Crippen molar-refractivity contribution in [3.63, 3.8) is 0 Å². The number of esters is 1. The molecule has 0 fully saturated rings. The molecule has 1 N–H and O–H groups in total. The SMILES string of the molecule is CCCNC(CCOc1ccc(C)c(C)c1)C(=O)OCC. The number of rotatable bonds is 9. The lowest BCUT2D eigenvalue weighted by atomic mass is 10.1. The van der Waals surface area contributed by atoms with Gasteiger partial charge in [-0.3, -0.25) is 4.79 Å². The average Bonchev–Trinajstić information content (AvgIpc) is 2.46. The molecule has 21 heavy (non-hydrogen) atoms. The molecule has 1 unspecified atom stereocenters. The van der Waals surface area contributed by atoms with Gasteiger partial charge in [0.1, 0.15) is 11.8 Å². The Labute approximate surface area is 127 Å². The molecule has 0 saturated heterocycles. The van der Waals surface area contributed by atoms with E-state index in [1.165, 1.54) is 11.1 Å². The van der Waals surface area contributed by atoms with Crippen molar-refractivity contribution >= 4 is 5.97 Å². The fraction of sp³-hybridized carbons (Fsp3) is 0.588. The first-order valence-corrected chi connectivity index (χ1v) is 7.68. The van der Waals surface area contributed by atoms with Gasteiger partial charge in [0.2, 0.25) is 0 Å². The number of benzene rings is 1. The van der Waals surface area contributed by atoms with Crippen molar-refractivity contribution in [3.8, 4) is 5.75 Å². The number of ether oxygens (including phenoxy) is 2. The Kier molecular flexibility index (Phi) is 7.83. The topological polar surface area (TPSA) is 47.6 Å². The van der Waals surface area contributed by atoms with E-state index in [0.717, 1.165) is 18.7 Å². The fourth-order valence-electron chi connectivity index (χ4n) is 1.96. The van der Waals surface area contributed by atoms with E-state index in [2.05, 4.69) is 26.1 Å². The van der Waals surface area contributed by atoms with Crippen molar-refractivity contribution in [2.75, 3.05) is 19.8 Å². The Morgan fingerprint density at radius 3 is 2.62 bits per heavy atom. The number of carbonyl (C=O) groups is 1. The molecule has 4 nitrogen and oxygen atoms in total. The molecule has 0 aliphatic carbocycles. The van der Waals surface area contributed by atoms with Gasteiger partial charge in [0.05, 0.1) is 13.2 Å². The predicted molar refractivity (Wildman–Crippen MR) is 84.7 cm³/mol. The van der Waals surface area contributed by atoms with Gasteiger partial charge in [-0.1, -0.05) is 13.0 Å². The zero-order valence-electron chi connectivity index (χ0n) is 13.6. The molecule has 0 saturated carbocycles. The van der Waals surface area contributed by atoms with Crippen LogP contribution >= 0.6 is 0 Å². The molecule has 0 aliphatic rings. The fourth-order valence-corrected chi connectivity index (χ4v) is 1.96. The Morgan fingerprint density at radius 1 is 1.24 bits per heavy atom. The van der Waals surface area contributed by atoms with Gasteiger partial charge in [-0.25, -0.2) is 0 Å². The Morgan fingerprint density at radius 2 is 2.00 bits per heavy atom. The molecule has 0 spiro atoms. The van der Waals surface area contributed by atoms with Gasteiger partial charge >= 0.3 is 5.97 Å².